The number of aryl methyl sites for hydroxylation is 1. The molecule has 0 saturated carbocycles. The van der Waals surface area contributed by atoms with Gasteiger partial charge < -0.3 is 24.7 Å². The average Bonchev–Trinajstić information content (AvgIpc) is 3.15. The SMILES string of the molecule is CCCCOc1nc(N)c2c(n1)c(CCCCCN1CCN(C)CC1=O)c(C#N)n2COCC[Si](C)(C)C. The number of nitriles is 1. The van der Waals surface area contributed by atoms with Crippen molar-refractivity contribution in [2.75, 3.05) is 52.2 Å². The Bertz CT molecular complexity index is 1120. The Labute approximate surface area is 228 Å². The van der Waals surface area contributed by atoms with Crippen molar-refractivity contribution >= 4 is 30.8 Å². The molecule has 1 fully saturated rings. The number of nitrogens with two attached hydrogens (primary N) is 1. The molecule has 2 aromatic heterocycles. The number of hydrogen-bond donors (Lipinski definition) is 1. The summed E-state index contributed by atoms with van der Waals surface area (Å²) in [7, 11) is 0.740. The molecule has 1 aliphatic rings. The molecular weight excluding hydrogens is 498 g/mol. The smallest absolute Gasteiger partial charge is 0.319 e. The topological polar surface area (TPSA) is 123 Å². The van der Waals surface area contributed by atoms with Gasteiger partial charge in [-0.25, -0.2) is 0 Å². The van der Waals surface area contributed by atoms with Crippen molar-refractivity contribution in [3.05, 3.63) is 11.3 Å². The van der Waals surface area contributed by atoms with Crippen LogP contribution in [0.15, 0.2) is 0 Å². The van der Waals surface area contributed by atoms with Gasteiger partial charge in [0.2, 0.25) is 5.91 Å². The number of nitrogens with zero attached hydrogens (tertiary/aromatic N) is 6. The van der Waals surface area contributed by atoms with Gasteiger partial charge in [-0.1, -0.05) is 39.4 Å². The van der Waals surface area contributed by atoms with Gasteiger partial charge in [0.15, 0.2) is 5.82 Å². The molecule has 1 saturated heterocycles. The number of nitrogen functional groups attached to an aromatic ring is 1. The first-order chi connectivity index (χ1) is 18.1. The van der Waals surface area contributed by atoms with Gasteiger partial charge in [0.1, 0.15) is 29.5 Å². The van der Waals surface area contributed by atoms with Crippen LogP contribution in [0.2, 0.25) is 25.7 Å². The summed E-state index contributed by atoms with van der Waals surface area (Å²) < 4.78 is 13.6. The third-order valence-electron chi connectivity index (χ3n) is 6.92. The Hall–Kier alpha value is -2.68. The molecular formula is C27H45N7O3Si. The molecule has 2 aromatic rings. The predicted molar refractivity (Wildman–Crippen MR) is 153 cm³/mol. The molecule has 38 heavy (non-hydrogen) atoms. The van der Waals surface area contributed by atoms with Crippen LogP contribution in [-0.4, -0.2) is 84.8 Å². The Morgan fingerprint density at radius 3 is 2.58 bits per heavy atom. The van der Waals surface area contributed by atoms with Crippen LogP contribution >= 0.6 is 0 Å². The third kappa shape index (κ3) is 8.16. The fourth-order valence-electron chi connectivity index (χ4n) is 4.56. The number of unbranched alkanes of at least 4 members (excludes halogenated alkanes) is 3. The molecule has 10 nitrogen and oxygen atoms in total. The maximum absolute atomic E-state index is 12.2. The van der Waals surface area contributed by atoms with Crippen LogP contribution in [0.25, 0.3) is 11.0 Å². The minimum absolute atomic E-state index is 0.200. The minimum atomic E-state index is -1.24. The zero-order valence-corrected chi connectivity index (χ0v) is 24.9. The lowest BCUT2D eigenvalue weighted by Crippen LogP contribution is -2.48. The highest BCUT2D eigenvalue weighted by Crippen LogP contribution is 2.31. The van der Waals surface area contributed by atoms with Crippen molar-refractivity contribution in [1.82, 2.24) is 24.3 Å². The first kappa shape index (κ1) is 29.9. The summed E-state index contributed by atoms with van der Waals surface area (Å²) in [5.74, 6) is 0.497. The quantitative estimate of drug-likeness (QED) is 0.265. The van der Waals surface area contributed by atoms with Crippen LogP contribution in [-0.2, 0) is 22.7 Å². The average molecular weight is 544 g/mol. The van der Waals surface area contributed by atoms with Gasteiger partial charge in [-0.3, -0.25) is 9.69 Å². The normalized spacial score (nSPS) is 14.8. The van der Waals surface area contributed by atoms with E-state index in [9.17, 15) is 10.1 Å². The van der Waals surface area contributed by atoms with Crippen LogP contribution in [0.4, 0.5) is 5.82 Å². The standard InChI is InChI=1S/C27H45N7O3Si/c1-6-7-15-37-27-30-24-21(11-9-8-10-12-33-14-13-32(2)19-23(33)35)22(18-28)34(25(24)26(29)31-27)20-36-16-17-38(3,4)5/h6-17,19-20H2,1-5H3,(H2,29,30,31). The first-order valence-electron chi connectivity index (χ1n) is 13.9. The van der Waals surface area contributed by atoms with Gasteiger partial charge >= 0.3 is 6.01 Å². The van der Waals surface area contributed by atoms with E-state index in [0.717, 1.165) is 63.3 Å². The van der Waals surface area contributed by atoms with Gasteiger partial charge in [-0.2, -0.15) is 15.2 Å². The minimum Gasteiger partial charge on any atom is -0.463 e. The van der Waals surface area contributed by atoms with E-state index in [2.05, 4.69) is 42.5 Å². The van der Waals surface area contributed by atoms with Crippen molar-refractivity contribution in [2.24, 2.45) is 0 Å². The van der Waals surface area contributed by atoms with Crippen molar-refractivity contribution in [3.8, 4) is 12.1 Å². The molecule has 0 spiro atoms. The summed E-state index contributed by atoms with van der Waals surface area (Å²) in [4.78, 5) is 25.3. The van der Waals surface area contributed by atoms with Gasteiger partial charge in [0, 0.05) is 39.9 Å². The van der Waals surface area contributed by atoms with E-state index in [1.54, 1.807) is 0 Å². The number of carbonyl (C=O) groups is 1. The summed E-state index contributed by atoms with van der Waals surface area (Å²) in [6.07, 6.45) is 5.35. The van der Waals surface area contributed by atoms with Gasteiger partial charge in [0.05, 0.1) is 13.2 Å². The monoisotopic (exact) mass is 543 g/mol. The Balaban J connectivity index is 1.76. The van der Waals surface area contributed by atoms with Crippen LogP contribution in [0.5, 0.6) is 6.01 Å². The third-order valence-corrected chi connectivity index (χ3v) is 8.62. The lowest BCUT2D eigenvalue weighted by molar-refractivity contribution is -0.135. The second kappa shape index (κ2) is 13.9. The molecule has 0 aliphatic carbocycles. The van der Waals surface area contributed by atoms with E-state index >= 15 is 0 Å². The number of anilines is 1. The lowest BCUT2D eigenvalue weighted by atomic mass is 10.1. The van der Waals surface area contributed by atoms with Gasteiger partial charge in [0.25, 0.3) is 0 Å². The number of piperazine rings is 1. The van der Waals surface area contributed by atoms with E-state index < -0.39 is 8.07 Å². The van der Waals surface area contributed by atoms with Gasteiger partial charge in [-0.05, 0) is 38.8 Å². The molecule has 3 heterocycles. The molecule has 0 atom stereocenters. The van der Waals surface area contributed by atoms with E-state index in [1.165, 1.54) is 0 Å². The number of likely N-dealkylation sites (N-methyl/N-ethyl adjacent to an activating group) is 1. The molecule has 0 aromatic carbocycles. The molecule has 1 amide bonds. The molecule has 1 aliphatic heterocycles. The highest BCUT2D eigenvalue weighted by atomic mass is 28.3. The summed E-state index contributed by atoms with van der Waals surface area (Å²) in [5.41, 5.74) is 9.09. The number of ether oxygens (including phenoxy) is 2. The highest BCUT2D eigenvalue weighted by molar-refractivity contribution is 6.76. The molecule has 210 valence electrons. The number of hydrogen-bond acceptors (Lipinski definition) is 8. The van der Waals surface area contributed by atoms with Crippen LogP contribution < -0.4 is 10.5 Å². The number of amides is 1. The molecule has 11 heteroatoms. The lowest BCUT2D eigenvalue weighted by Gasteiger charge is -2.32. The number of rotatable bonds is 15. The number of aromatic nitrogens is 3. The van der Waals surface area contributed by atoms with E-state index in [1.807, 2.05) is 16.5 Å². The first-order valence-corrected chi connectivity index (χ1v) is 17.6. The van der Waals surface area contributed by atoms with Crippen LogP contribution in [0, 0.1) is 11.3 Å². The predicted octanol–water partition coefficient (Wildman–Crippen LogP) is 3.86. The van der Waals surface area contributed by atoms with Crippen LogP contribution in [0.1, 0.15) is 50.3 Å². The molecule has 0 radical (unpaired) electrons. The Morgan fingerprint density at radius 1 is 1.11 bits per heavy atom. The summed E-state index contributed by atoms with van der Waals surface area (Å²) in [6.45, 7) is 13.4. The van der Waals surface area contributed by atoms with Crippen molar-refractivity contribution < 1.29 is 14.3 Å². The maximum atomic E-state index is 12.2. The molecule has 3 rings (SSSR count). The van der Waals surface area contributed by atoms with Crippen molar-refractivity contribution in [2.45, 2.75) is 77.9 Å². The Kier molecular flexibility index (Phi) is 10.9. The van der Waals surface area contributed by atoms with Crippen molar-refractivity contribution in [1.29, 1.82) is 5.26 Å². The van der Waals surface area contributed by atoms with E-state index in [4.69, 9.17) is 20.2 Å². The highest BCUT2D eigenvalue weighted by Gasteiger charge is 2.24. The van der Waals surface area contributed by atoms with Crippen molar-refractivity contribution in [3.63, 3.8) is 0 Å². The summed E-state index contributed by atoms with van der Waals surface area (Å²) >= 11 is 0. The zero-order chi connectivity index (χ0) is 27.7. The molecule has 0 unspecified atom stereocenters. The maximum Gasteiger partial charge on any atom is 0.319 e. The number of fused-ring (bicyclic) bond motifs is 1. The second-order valence-corrected chi connectivity index (χ2v) is 17.1. The summed E-state index contributed by atoms with van der Waals surface area (Å²) in [5, 5.41) is 10.2. The second-order valence-electron chi connectivity index (χ2n) is 11.4. The van der Waals surface area contributed by atoms with Crippen LogP contribution in [0.3, 0.4) is 0 Å². The van der Waals surface area contributed by atoms with E-state index in [0.29, 0.717) is 48.7 Å². The molecule has 0 bridgehead atoms. The zero-order valence-electron chi connectivity index (χ0n) is 23.9. The largest absolute Gasteiger partial charge is 0.463 e. The molecule has 2 N–H and O–H groups in total. The Morgan fingerprint density at radius 2 is 1.89 bits per heavy atom. The summed E-state index contributed by atoms with van der Waals surface area (Å²) in [6, 6.07) is 3.67. The number of carbonyl (C=O) groups excluding carboxylic acids is 1. The fraction of sp³-hybridized carbons (Fsp3) is 0.704. The van der Waals surface area contributed by atoms with E-state index in [-0.39, 0.29) is 18.6 Å². The van der Waals surface area contributed by atoms with Gasteiger partial charge in [-0.15, -0.1) is 0 Å². The fourth-order valence-corrected chi connectivity index (χ4v) is 5.32.